The molecule has 2 aromatic carbocycles. The number of sulfone groups is 2. The Kier molecular flexibility index (Phi) is 21.0. The summed E-state index contributed by atoms with van der Waals surface area (Å²) >= 11 is 0. The number of fused-ring (bicyclic) bond motifs is 2. The van der Waals surface area contributed by atoms with Gasteiger partial charge in [-0.05, 0) is 88.6 Å². The second kappa shape index (κ2) is 28.3. The molecule has 29 heteroatoms. The van der Waals surface area contributed by atoms with Crippen LogP contribution in [0.3, 0.4) is 0 Å². The van der Waals surface area contributed by atoms with Gasteiger partial charge in [-0.3, -0.25) is 19.4 Å². The van der Waals surface area contributed by atoms with Crippen LogP contribution in [0, 0.1) is 25.5 Å². The van der Waals surface area contributed by atoms with E-state index in [1.54, 1.807) is 12.4 Å². The van der Waals surface area contributed by atoms with Crippen molar-refractivity contribution >= 4 is 91.1 Å². The molecule has 2 atom stereocenters. The van der Waals surface area contributed by atoms with Crippen LogP contribution in [0.1, 0.15) is 54.8 Å². The van der Waals surface area contributed by atoms with E-state index in [0.717, 1.165) is 93.2 Å². The fourth-order valence-corrected chi connectivity index (χ4v) is 13.2. The van der Waals surface area contributed by atoms with Crippen LogP contribution in [-0.2, 0) is 47.2 Å². The molecule has 90 heavy (non-hydrogen) atoms. The molecular weight excluding hydrogens is 1210 g/mol. The van der Waals surface area contributed by atoms with E-state index in [-0.39, 0.29) is 53.9 Å². The standard InChI is InChI=1S/C33H46FN9O4SSi.C28H33FN8O3S/c1-8-25(42-14-12-41(3)13-15-42)32(44)40-31-30-29(36-20-37-31)23(19-43(30)21-47-16-17-49(5,6)7)28-22(2)18-35-33(39-28)38-24-10-9-11-26(27(24)34)48(4,45)46;1-5-21(37-13-11-36(3)12-14-37)27(38)35-26-19-10-9-18(25(19)31-16-32-26)24-17(2)15-30-28(34-24)33-20-7-6-8-22(23(20)29)41(4,39)40/h9-11,18-20,25H,8,12-17,21H2,1-7H3,(H,35,38,39)(H,36,37,40,44);6-9,15-16,21H,5,10-14H2,1-4H3,(H,30,33,34)(H,31,32,35,38). The lowest BCUT2D eigenvalue weighted by Gasteiger charge is -2.36. The maximum atomic E-state index is 15.2. The van der Waals surface area contributed by atoms with Crippen molar-refractivity contribution in [2.24, 2.45) is 0 Å². The third-order valence-electron chi connectivity index (χ3n) is 16.1. The Bertz CT molecular complexity index is 4060. The number of allylic oxidation sites excluding steroid dienone is 1. The van der Waals surface area contributed by atoms with Gasteiger partial charge in [0, 0.05) is 115 Å². The van der Waals surface area contributed by atoms with E-state index < -0.39 is 49.2 Å². The second-order valence-corrected chi connectivity index (χ2v) is 33.7. The number of nitrogens with one attached hydrogen (secondary N) is 4. The lowest BCUT2D eigenvalue weighted by atomic mass is 10.1. The van der Waals surface area contributed by atoms with Crippen LogP contribution >= 0.6 is 0 Å². The molecule has 0 radical (unpaired) electrons. The Hall–Kier alpha value is -7.64. The molecule has 2 aliphatic heterocycles. The summed E-state index contributed by atoms with van der Waals surface area (Å²) in [7, 11) is -4.72. The van der Waals surface area contributed by atoms with Crippen LogP contribution < -0.4 is 21.3 Å². The minimum absolute atomic E-state index is 0.0540. The Balaban J connectivity index is 0.000000217. The maximum Gasteiger partial charge on any atom is 0.242 e. The van der Waals surface area contributed by atoms with Crippen molar-refractivity contribution in [3.05, 3.63) is 113 Å². The normalized spacial score (nSPS) is 16.0. The van der Waals surface area contributed by atoms with Crippen molar-refractivity contribution in [1.82, 2.24) is 64.0 Å². The molecular formula is C61H79F2N17O7S2Si. The quantitative estimate of drug-likeness (QED) is 0.0398. The van der Waals surface area contributed by atoms with Crippen LogP contribution in [0.5, 0.6) is 0 Å². The van der Waals surface area contributed by atoms with E-state index in [1.165, 1.54) is 49.1 Å². The van der Waals surface area contributed by atoms with E-state index in [1.807, 2.05) is 44.5 Å². The zero-order valence-corrected chi connectivity index (χ0v) is 55.4. The maximum absolute atomic E-state index is 15.2. The fraction of sp³-hybridized carbons (Fsp3) is 0.443. The largest absolute Gasteiger partial charge is 0.361 e. The van der Waals surface area contributed by atoms with Crippen molar-refractivity contribution < 1.29 is 39.9 Å². The predicted molar refractivity (Wildman–Crippen MR) is 346 cm³/mol. The van der Waals surface area contributed by atoms with Crippen molar-refractivity contribution in [2.45, 2.75) is 101 Å². The number of benzene rings is 2. The van der Waals surface area contributed by atoms with Crippen LogP contribution in [0.15, 0.2) is 83.5 Å². The van der Waals surface area contributed by atoms with Crippen molar-refractivity contribution in [3.63, 3.8) is 0 Å². The van der Waals surface area contributed by atoms with Gasteiger partial charge in [-0.15, -0.1) is 0 Å². The van der Waals surface area contributed by atoms with Crippen molar-refractivity contribution in [1.29, 1.82) is 0 Å². The number of anilines is 6. The topological polar surface area (TPSA) is 281 Å². The number of likely N-dealkylation sites (N-methyl/N-ethyl adjacent to an activating group) is 2. The summed E-state index contributed by atoms with van der Waals surface area (Å²) in [5.41, 5.74) is 6.43. The molecule has 5 aromatic heterocycles. The van der Waals surface area contributed by atoms with Gasteiger partial charge in [0.05, 0.1) is 40.5 Å². The van der Waals surface area contributed by atoms with Crippen LogP contribution in [0.25, 0.3) is 27.9 Å². The van der Waals surface area contributed by atoms with Crippen molar-refractivity contribution in [2.75, 3.05) is 107 Å². The molecule has 1 aliphatic carbocycles. The number of piperazine rings is 2. The lowest BCUT2D eigenvalue weighted by molar-refractivity contribution is -0.122. The zero-order chi connectivity index (χ0) is 64.8. The molecule has 0 bridgehead atoms. The SMILES string of the molecule is CCC(C(=O)Nc1ncnc2c(-c3nc(Nc4cccc(S(C)(=O)=O)c4F)ncc3C)cn(COCC[Si](C)(C)C)c12)N1CCN(C)CC1.CCC(C(=O)Nc1ncnc2c1CC=C2c1nc(Nc2cccc(S(C)(=O)=O)c2F)ncc1C)N1CCN(C)CC1. The third kappa shape index (κ3) is 15.7. The third-order valence-corrected chi connectivity index (χ3v) is 20.0. The van der Waals surface area contributed by atoms with Gasteiger partial charge >= 0.3 is 0 Å². The predicted octanol–water partition coefficient (Wildman–Crippen LogP) is 7.57. The van der Waals surface area contributed by atoms with Gasteiger partial charge in [0.2, 0.25) is 23.7 Å². The Morgan fingerprint density at radius 3 is 1.66 bits per heavy atom. The smallest absolute Gasteiger partial charge is 0.242 e. The highest BCUT2D eigenvalue weighted by molar-refractivity contribution is 7.91. The van der Waals surface area contributed by atoms with Gasteiger partial charge in [-0.2, -0.15) is 0 Å². The van der Waals surface area contributed by atoms with E-state index in [0.29, 0.717) is 71.2 Å². The van der Waals surface area contributed by atoms with Gasteiger partial charge in [0.15, 0.2) is 37.1 Å². The summed E-state index contributed by atoms with van der Waals surface area (Å²) in [4.78, 5) is 71.1. The molecule has 10 rings (SSSR count). The Labute approximate surface area is 525 Å². The number of rotatable bonds is 21. The first-order chi connectivity index (χ1) is 42.7. The molecule has 7 aromatic rings. The highest BCUT2D eigenvalue weighted by Crippen LogP contribution is 2.37. The van der Waals surface area contributed by atoms with Crippen LogP contribution in [-0.4, -0.2) is 198 Å². The number of carbonyl (C=O) groups excluding carboxylic acids is 2. The number of ether oxygens (including phenoxy) is 1. The molecule has 2 unspecified atom stereocenters. The van der Waals surface area contributed by atoms with E-state index in [4.69, 9.17) is 9.72 Å². The van der Waals surface area contributed by atoms with E-state index >= 15 is 4.39 Å². The molecule has 4 N–H and O–H groups in total. The molecule has 2 fully saturated rings. The number of halogens is 2. The fourth-order valence-electron chi connectivity index (χ4n) is 11.0. The van der Waals surface area contributed by atoms with Gasteiger partial charge in [0.1, 0.15) is 46.0 Å². The molecule has 2 saturated heterocycles. The first-order valence-corrected chi connectivity index (χ1v) is 37.3. The minimum atomic E-state index is -3.79. The summed E-state index contributed by atoms with van der Waals surface area (Å²) in [5.74, 6) is -1.03. The average Bonchev–Trinajstić information content (AvgIpc) is 1.61. The molecule has 2 amide bonds. The summed E-state index contributed by atoms with van der Waals surface area (Å²) in [5, 5.41) is 11.8. The first-order valence-electron chi connectivity index (χ1n) is 29.8. The second-order valence-electron chi connectivity index (χ2n) is 24.1. The van der Waals surface area contributed by atoms with Gasteiger partial charge in [-0.1, -0.05) is 51.7 Å². The number of amides is 2. The highest BCUT2D eigenvalue weighted by Gasteiger charge is 2.32. The Morgan fingerprint density at radius 2 is 1.14 bits per heavy atom. The molecule has 24 nitrogen and oxygen atoms in total. The summed E-state index contributed by atoms with van der Waals surface area (Å²) in [6.07, 6.45) is 13.6. The zero-order valence-electron chi connectivity index (χ0n) is 52.7. The van der Waals surface area contributed by atoms with Gasteiger partial charge in [0.25, 0.3) is 0 Å². The number of hydrogen-bond donors (Lipinski definition) is 4. The average molecular weight is 1290 g/mol. The lowest BCUT2D eigenvalue weighted by Crippen LogP contribution is -2.52. The molecule has 7 heterocycles. The summed E-state index contributed by atoms with van der Waals surface area (Å²) in [6, 6.07) is 8.59. The monoisotopic (exact) mass is 1290 g/mol. The number of nitrogens with zero attached hydrogens (tertiary/aromatic N) is 13. The molecule has 480 valence electrons. The van der Waals surface area contributed by atoms with Gasteiger partial charge in [-0.25, -0.2) is 65.5 Å². The number of aromatic nitrogens is 9. The van der Waals surface area contributed by atoms with Crippen molar-refractivity contribution in [3.8, 4) is 11.3 Å². The number of carbonyl (C=O) groups is 2. The summed E-state index contributed by atoms with van der Waals surface area (Å²) < 4.78 is 86.2. The van der Waals surface area contributed by atoms with E-state index in [9.17, 15) is 30.8 Å². The van der Waals surface area contributed by atoms with Gasteiger partial charge < -0.3 is 40.4 Å². The molecule has 0 saturated carbocycles. The molecule has 0 spiro atoms. The molecule has 3 aliphatic rings. The minimum Gasteiger partial charge on any atom is -0.361 e. The summed E-state index contributed by atoms with van der Waals surface area (Å²) in [6.45, 7) is 22.3. The first kappa shape index (κ1) is 66.8. The number of hydrogen-bond acceptors (Lipinski definition) is 21. The Morgan fingerprint density at radius 1 is 0.656 bits per heavy atom. The van der Waals surface area contributed by atoms with E-state index in [2.05, 4.69) is 109 Å². The number of aryl methyl sites for hydroxylation is 2. The van der Waals surface area contributed by atoms with Crippen LogP contribution in [0.4, 0.5) is 43.7 Å². The van der Waals surface area contributed by atoms with Crippen LogP contribution in [0.2, 0.25) is 25.7 Å². The highest BCUT2D eigenvalue weighted by atomic mass is 32.2.